The van der Waals surface area contributed by atoms with Crippen LogP contribution in [0.5, 0.6) is 0 Å². The number of nitrogens with one attached hydrogen (secondary N) is 1. The molecule has 1 unspecified atom stereocenters. The number of hydrogen-bond donors (Lipinski definition) is 1. The van der Waals surface area contributed by atoms with Crippen LogP contribution in [0.15, 0.2) is 55.2 Å². The highest BCUT2D eigenvalue weighted by molar-refractivity contribution is 5.57. The first-order valence-corrected chi connectivity index (χ1v) is 9.05. The van der Waals surface area contributed by atoms with Crippen molar-refractivity contribution in [3.63, 3.8) is 0 Å². The van der Waals surface area contributed by atoms with Crippen molar-refractivity contribution >= 4 is 23.4 Å². The molecule has 0 amide bonds. The Labute approximate surface area is 156 Å². The van der Waals surface area contributed by atoms with Gasteiger partial charge in [-0.3, -0.25) is 9.38 Å². The third-order valence-electron chi connectivity index (χ3n) is 4.86. The molecule has 8 nitrogen and oxygen atoms in total. The summed E-state index contributed by atoms with van der Waals surface area (Å²) in [6, 6.07) is 10.2. The fraction of sp³-hybridized carbons (Fsp3) is 0.263. The van der Waals surface area contributed by atoms with E-state index in [0.29, 0.717) is 11.9 Å². The second-order valence-corrected chi connectivity index (χ2v) is 6.74. The Morgan fingerprint density at radius 2 is 2.07 bits per heavy atom. The maximum Gasteiger partial charge on any atom is 0.231 e. The highest BCUT2D eigenvalue weighted by Crippen LogP contribution is 2.34. The Balaban J connectivity index is 1.55. The molecule has 1 aliphatic heterocycles. The highest BCUT2D eigenvalue weighted by Gasteiger charge is 2.29. The molecule has 1 fully saturated rings. The lowest BCUT2D eigenvalue weighted by atomic mass is 10.1. The molecule has 0 aliphatic carbocycles. The van der Waals surface area contributed by atoms with Crippen molar-refractivity contribution in [2.45, 2.75) is 18.9 Å². The van der Waals surface area contributed by atoms with Crippen LogP contribution in [0.3, 0.4) is 0 Å². The zero-order valence-electron chi connectivity index (χ0n) is 15.0. The first kappa shape index (κ1) is 15.8. The monoisotopic (exact) mass is 360 g/mol. The lowest BCUT2D eigenvalue weighted by Gasteiger charge is -2.24. The molecule has 0 saturated carbocycles. The van der Waals surface area contributed by atoms with Crippen molar-refractivity contribution < 1.29 is 0 Å². The summed E-state index contributed by atoms with van der Waals surface area (Å²) in [4.78, 5) is 20.8. The van der Waals surface area contributed by atoms with Gasteiger partial charge in [-0.15, -0.1) is 0 Å². The Bertz CT molecular complexity index is 1070. The second kappa shape index (κ2) is 6.39. The summed E-state index contributed by atoms with van der Waals surface area (Å²) in [6.45, 7) is 0.918. The first-order chi connectivity index (χ1) is 13.3. The smallest absolute Gasteiger partial charge is 0.231 e. The normalized spacial score (nSPS) is 16.9. The van der Waals surface area contributed by atoms with Crippen LogP contribution < -0.4 is 10.2 Å². The van der Waals surface area contributed by atoms with Gasteiger partial charge in [0.25, 0.3) is 0 Å². The van der Waals surface area contributed by atoms with Gasteiger partial charge in [0.15, 0.2) is 5.82 Å². The van der Waals surface area contributed by atoms with Crippen LogP contribution >= 0.6 is 0 Å². The molecule has 0 aromatic carbocycles. The van der Waals surface area contributed by atoms with E-state index in [9.17, 15) is 0 Å². The Morgan fingerprint density at radius 1 is 1.11 bits per heavy atom. The molecule has 0 spiro atoms. The Kier molecular flexibility index (Phi) is 3.74. The average molecular weight is 360 g/mol. The van der Waals surface area contributed by atoms with Gasteiger partial charge in [-0.05, 0) is 37.1 Å². The van der Waals surface area contributed by atoms with Gasteiger partial charge in [-0.2, -0.15) is 9.97 Å². The molecule has 1 aliphatic rings. The van der Waals surface area contributed by atoms with E-state index in [1.54, 1.807) is 6.33 Å². The molecule has 1 saturated heterocycles. The van der Waals surface area contributed by atoms with Crippen LogP contribution in [-0.4, -0.2) is 35.4 Å². The number of imidazole rings is 1. The Morgan fingerprint density at radius 3 is 2.89 bits per heavy atom. The first-order valence-electron chi connectivity index (χ1n) is 9.05. The van der Waals surface area contributed by atoms with Crippen LogP contribution in [0, 0.1) is 0 Å². The van der Waals surface area contributed by atoms with Crippen molar-refractivity contribution in [3.05, 3.63) is 60.9 Å². The number of rotatable bonds is 4. The van der Waals surface area contributed by atoms with Crippen LogP contribution in [0.2, 0.25) is 0 Å². The minimum absolute atomic E-state index is 0.200. The van der Waals surface area contributed by atoms with Gasteiger partial charge in [0.1, 0.15) is 5.65 Å². The lowest BCUT2D eigenvalue weighted by molar-refractivity contribution is 0.679. The van der Waals surface area contributed by atoms with Gasteiger partial charge in [0.2, 0.25) is 11.9 Å². The van der Waals surface area contributed by atoms with Crippen LogP contribution in [0.4, 0.5) is 17.7 Å². The molecular weight excluding hydrogens is 340 g/mol. The van der Waals surface area contributed by atoms with Gasteiger partial charge in [-0.1, -0.05) is 6.07 Å². The zero-order chi connectivity index (χ0) is 18.2. The van der Waals surface area contributed by atoms with E-state index in [2.05, 4.69) is 26.3 Å². The zero-order valence-corrected chi connectivity index (χ0v) is 15.0. The maximum absolute atomic E-state index is 4.83. The maximum atomic E-state index is 4.83. The predicted octanol–water partition coefficient (Wildman–Crippen LogP) is 2.94. The van der Waals surface area contributed by atoms with E-state index in [0.717, 1.165) is 36.5 Å². The fourth-order valence-corrected chi connectivity index (χ4v) is 3.61. The van der Waals surface area contributed by atoms with Crippen molar-refractivity contribution in [1.82, 2.24) is 28.9 Å². The summed E-state index contributed by atoms with van der Waals surface area (Å²) in [5.41, 5.74) is 1.91. The number of nitrogens with zero attached hydrogens (tertiary/aromatic N) is 7. The largest absolute Gasteiger partial charge is 0.338 e. The molecule has 1 N–H and O–H groups in total. The molecular formula is C19H20N8. The number of fused-ring (bicyclic) bond motifs is 1. The second-order valence-electron chi connectivity index (χ2n) is 6.74. The van der Waals surface area contributed by atoms with E-state index >= 15 is 0 Å². The fourth-order valence-electron chi connectivity index (χ4n) is 3.61. The SMILES string of the molecule is Cn1cnc(Nc2nc(N3CCCC3c3ccccn3)nc3cccn23)c1. The van der Waals surface area contributed by atoms with Crippen molar-refractivity contribution in [3.8, 4) is 0 Å². The average Bonchev–Trinajstić information content (AvgIpc) is 3.42. The third kappa shape index (κ3) is 2.88. The minimum atomic E-state index is 0.200. The predicted molar refractivity (Wildman–Crippen MR) is 103 cm³/mol. The summed E-state index contributed by atoms with van der Waals surface area (Å²) < 4.78 is 3.83. The molecule has 4 aromatic rings. The van der Waals surface area contributed by atoms with Gasteiger partial charge < -0.3 is 14.8 Å². The Hall–Kier alpha value is -3.42. The summed E-state index contributed by atoms with van der Waals surface area (Å²) in [5.74, 6) is 2.16. The standard InChI is InChI=1S/C19H20N8/c1-25-12-16(21-13-25)22-18-24-19(23-17-8-5-11-27(17)18)26-10-4-7-15(26)14-6-2-3-9-20-14/h2-3,5-6,8-9,11-13,15H,4,7,10H2,1H3,(H,22,23,24). The van der Waals surface area contributed by atoms with E-state index in [4.69, 9.17) is 9.97 Å². The quantitative estimate of drug-likeness (QED) is 0.603. The highest BCUT2D eigenvalue weighted by atomic mass is 15.3. The minimum Gasteiger partial charge on any atom is -0.338 e. The third-order valence-corrected chi connectivity index (χ3v) is 4.86. The summed E-state index contributed by atoms with van der Waals surface area (Å²) in [7, 11) is 1.94. The number of aromatic nitrogens is 6. The van der Waals surface area contributed by atoms with Crippen LogP contribution in [-0.2, 0) is 7.05 Å². The number of aryl methyl sites for hydroxylation is 1. The lowest BCUT2D eigenvalue weighted by Crippen LogP contribution is -2.26. The van der Waals surface area contributed by atoms with Crippen molar-refractivity contribution in [2.75, 3.05) is 16.8 Å². The molecule has 27 heavy (non-hydrogen) atoms. The van der Waals surface area contributed by atoms with Crippen LogP contribution in [0.25, 0.3) is 5.65 Å². The molecule has 0 bridgehead atoms. The number of hydrogen-bond acceptors (Lipinski definition) is 6. The molecule has 5 rings (SSSR count). The molecule has 8 heteroatoms. The van der Waals surface area contributed by atoms with E-state index in [-0.39, 0.29) is 6.04 Å². The summed E-state index contributed by atoms with van der Waals surface area (Å²) >= 11 is 0. The van der Waals surface area contributed by atoms with Gasteiger partial charge >= 0.3 is 0 Å². The van der Waals surface area contributed by atoms with Gasteiger partial charge in [0.05, 0.1) is 18.1 Å². The summed E-state index contributed by atoms with van der Waals surface area (Å²) in [5, 5.41) is 3.31. The van der Waals surface area contributed by atoms with Gasteiger partial charge in [0, 0.05) is 32.2 Å². The molecule has 4 aromatic heterocycles. The number of pyridine rings is 1. The van der Waals surface area contributed by atoms with E-state index in [1.807, 2.05) is 58.9 Å². The van der Waals surface area contributed by atoms with Crippen LogP contribution in [0.1, 0.15) is 24.6 Å². The topological polar surface area (TPSA) is 76.2 Å². The van der Waals surface area contributed by atoms with Gasteiger partial charge in [-0.25, -0.2) is 4.98 Å². The number of anilines is 3. The van der Waals surface area contributed by atoms with Crippen molar-refractivity contribution in [2.24, 2.45) is 7.05 Å². The molecule has 5 heterocycles. The molecule has 1 atom stereocenters. The van der Waals surface area contributed by atoms with E-state index < -0.39 is 0 Å². The summed E-state index contributed by atoms with van der Waals surface area (Å²) in [6.07, 6.45) is 9.62. The van der Waals surface area contributed by atoms with Crippen molar-refractivity contribution in [1.29, 1.82) is 0 Å². The molecule has 136 valence electrons. The molecule has 0 radical (unpaired) electrons. The van der Waals surface area contributed by atoms with E-state index in [1.165, 1.54) is 0 Å².